The predicted molar refractivity (Wildman–Crippen MR) is 124 cm³/mol. The summed E-state index contributed by atoms with van der Waals surface area (Å²) in [4.78, 5) is 11.9. The van der Waals surface area contributed by atoms with Gasteiger partial charge in [-0.25, -0.2) is 4.98 Å². The van der Waals surface area contributed by atoms with Crippen LogP contribution in [0.15, 0.2) is 24.4 Å². The molecule has 2 unspecified atom stereocenters. The van der Waals surface area contributed by atoms with E-state index in [1.54, 1.807) is 0 Å². The molecule has 1 aromatic carbocycles. The third-order valence-electron chi connectivity index (χ3n) is 7.18. The summed E-state index contributed by atoms with van der Waals surface area (Å²) < 4.78 is 0. The zero-order chi connectivity index (χ0) is 21.2. The lowest BCUT2D eigenvalue weighted by molar-refractivity contribution is 0.0649. The van der Waals surface area contributed by atoms with E-state index in [4.69, 9.17) is 4.98 Å². The molecule has 6 heteroatoms. The number of hydrogen-bond acceptors (Lipinski definition) is 6. The van der Waals surface area contributed by atoms with Crippen molar-refractivity contribution in [1.82, 2.24) is 14.9 Å². The van der Waals surface area contributed by atoms with E-state index in [2.05, 4.69) is 39.6 Å². The molecule has 1 aromatic heterocycles. The van der Waals surface area contributed by atoms with Gasteiger partial charge in [0.2, 0.25) is 5.95 Å². The normalized spacial score (nSPS) is 23.6. The van der Waals surface area contributed by atoms with Gasteiger partial charge in [-0.15, -0.1) is 0 Å². The topological polar surface area (TPSA) is 76.9 Å². The van der Waals surface area contributed by atoms with Gasteiger partial charge in [-0.05, 0) is 88.1 Å². The Morgan fingerprint density at radius 1 is 1.13 bits per heavy atom. The van der Waals surface area contributed by atoms with Crippen LogP contribution >= 0.6 is 0 Å². The number of fused-ring (bicyclic) bond motifs is 1. The number of nitrogens with one attached hydrogen (secondary N) is 2. The number of aromatic nitrogens is 2. The summed E-state index contributed by atoms with van der Waals surface area (Å²) in [6.07, 6.45) is 10.9. The highest BCUT2D eigenvalue weighted by molar-refractivity contribution is 5.60. The molecule has 2 saturated heterocycles. The molecule has 0 amide bonds. The van der Waals surface area contributed by atoms with Crippen molar-refractivity contribution in [2.45, 2.75) is 63.8 Å². The second-order valence-corrected chi connectivity index (χ2v) is 9.42. The van der Waals surface area contributed by atoms with Crippen molar-refractivity contribution in [1.29, 1.82) is 5.26 Å². The van der Waals surface area contributed by atoms with E-state index in [1.165, 1.54) is 63.6 Å². The van der Waals surface area contributed by atoms with Gasteiger partial charge in [0.1, 0.15) is 5.82 Å². The Kier molecular flexibility index (Phi) is 5.78. The highest BCUT2D eigenvalue weighted by Gasteiger charge is 2.32. The van der Waals surface area contributed by atoms with Crippen LogP contribution in [-0.2, 0) is 0 Å². The molecule has 1 aliphatic carbocycles. The number of hydrogen-bond donors (Lipinski definition) is 2. The highest BCUT2D eigenvalue weighted by atomic mass is 15.2. The van der Waals surface area contributed by atoms with Crippen molar-refractivity contribution < 1.29 is 0 Å². The number of nitriles is 1. The molecule has 5 rings (SSSR count). The summed E-state index contributed by atoms with van der Waals surface area (Å²) >= 11 is 0. The summed E-state index contributed by atoms with van der Waals surface area (Å²) in [5.41, 5.74) is 3.85. The summed E-state index contributed by atoms with van der Waals surface area (Å²) in [5, 5.41) is 16.4. The molecule has 3 fully saturated rings. The molecular weight excluding hydrogens is 384 g/mol. The lowest BCUT2D eigenvalue weighted by atomic mass is 9.83. The quantitative estimate of drug-likeness (QED) is 0.693. The molecule has 0 bridgehead atoms. The Bertz CT molecular complexity index is 974. The fourth-order valence-electron chi connectivity index (χ4n) is 5.33. The maximum Gasteiger partial charge on any atom is 0.229 e. The van der Waals surface area contributed by atoms with Gasteiger partial charge in [0.15, 0.2) is 0 Å². The standard InChI is InChI=1S/C25H32N6/c1-17-15-28-25(29-21-9-10-22(18-7-8-18)20(13-21)14-26)30-24(17)27-16-19-5-4-12-31-11-3-2-6-23(19)31/h9-10,13,15,18-19,23H,2-8,11-12,16H2,1H3,(H2,27,28,29,30). The average molecular weight is 417 g/mol. The number of rotatable bonds is 6. The first kappa shape index (κ1) is 20.3. The molecule has 0 radical (unpaired) electrons. The predicted octanol–water partition coefficient (Wildman–Crippen LogP) is 4.95. The number of anilines is 3. The van der Waals surface area contributed by atoms with Crippen molar-refractivity contribution in [3.05, 3.63) is 41.1 Å². The van der Waals surface area contributed by atoms with E-state index in [9.17, 15) is 5.26 Å². The molecule has 3 heterocycles. The van der Waals surface area contributed by atoms with Gasteiger partial charge in [-0.2, -0.15) is 10.2 Å². The summed E-state index contributed by atoms with van der Waals surface area (Å²) in [6.45, 7) is 5.56. The fraction of sp³-hybridized carbons (Fsp3) is 0.560. The maximum atomic E-state index is 9.52. The molecule has 2 N–H and O–H groups in total. The first-order valence-corrected chi connectivity index (χ1v) is 11.8. The molecule has 3 aliphatic rings. The Hall–Kier alpha value is -2.65. The molecule has 6 nitrogen and oxygen atoms in total. The van der Waals surface area contributed by atoms with E-state index in [-0.39, 0.29) is 0 Å². The van der Waals surface area contributed by atoms with Crippen molar-refractivity contribution in [2.75, 3.05) is 30.3 Å². The van der Waals surface area contributed by atoms with Crippen molar-refractivity contribution in [3.63, 3.8) is 0 Å². The second kappa shape index (κ2) is 8.84. The highest BCUT2D eigenvalue weighted by Crippen LogP contribution is 2.42. The minimum Gasteiger partial charge on any atom is -0.369 e. The molecule has 1 saturated carbocycles. The first-order chi connectivity index (χ1) is 15.2. The van der Waals surface area contributed by atoms with E-state index >= 15 is 0 Å². The molecular formula is C25H32N6. The lowest BCUT2D eigenvalue weighted by Crippen LogP contribution is -2.49. The van der Waals surface area contributed by atoms with Gasteiger partial charge in [-0.1, -0.05) is 12.5 Å². The van der Waals surface area contributed by atoms with Crippen LogP contribution in [0.5, 0.6) is 0 Å². The van der Waals surface area contributed by atoms with Crippen LogP contribution in [0.25, 0.3) is 0 Å². The zero-order valence-corrected chi connectivity index (χ0v) is 18.4. The minimum atomic E-state index is 0.565. The number of piperidine rings is 2. The van der Waals surface area contributed by atoms with Crippen LogP contribution in [0.4, 0.5) is 17.5 Å². The number of nitrogens with zero attached hydrogens (tertiary/aromatic N) is 4. The van der Waals surface area contributed by atoms with Crippen LogP contribution in [0, 0.1) is 24.2 Å². The SMILES string of the molecule is Cc1cnc(Nc2ccc(C3CC3)c(C#N)c2)nc1NCC1CCCN2CCCCC12. The fourth-order valence-corrected chi connectivity index (χ4v) is 5.33. The van der Waals surface area contributed by atoms with Gasteiger partial charge in [-0.3, -0.25) is 0 Å². The van der Waals surface area contributed by atoms with Crippen molar-refractivity contribution in [3.8, 4) is 6.07 Å². The minimum absolute atomic E-state index is 0.565. The number of benzene rings is 1. The first-order valence-electron chi connectivity index (χ1n) is 11.8. The monoisotopic (exact) mass is 416 g/mol. The summed E-state index contributed by atoms with van der Waals surface area (Å²) in [6, 6.07) is 9.10. The third-order valence-corrected chi connectivity index (χ3v) is 7.18. The Labute approximate surface area is 185 Å². The van der Waals surface area contributed by atoms with E-state index < -0.39 is 0 Å². The van der Waals surface area contributed by atoms with Crippen molar-refractivity contribution >= 4 is 17.5 Å². The van der Waals surface area contributed by atoms with Gasteiger partial charge < -0.3 is 15.5 Å². The van der Waals surface area contributed by atoms with Crippen molar-refractivity contribution in [2.24, 2.45) is 5.92 Å². The van der Waals surface area contributed by atoms with Crippen LogP contribution in [0.2, 0.25) is 0 Å². The second-order valence-electron chi connectivity index (χ2n) is 9.42. The zero-order valence-electron chi connectivity index (χ0n) is 18.4. The van der Waals surface area contributed by atoms with Crippen LogP contribution in [0.3, 0.4) is 0 Å². The van der Waals surface area contributed by atoms with Crippen LogP contribution < -0.4 is 10.6 Å². The summed E-state index contributed by atoms with van der Waals surface area (Å²) in [5.74, 6) is 2.72. The smallest absolute Gasteiger partial charge is 0.229 e. The van der Waals surface area contributed by atoms with Crippen LogP contribution in [0.1, 0.15) is 67.6 Å². The third kappa shape index (κ3) is 4.52. The van der Waals surface area contributed by atoms with Gasteiger partial charge in [0.25, 0.3) is 0 Å². The summed E-state index contributed by atoms with van der Waals surface area (Å²) in [7, 11) is 0. The van der Waals surface area contributed by atoms with Gasteiger partial charge in [0, 0.05) is 30.0 Å². The Morgan fingerprint density at radius 3 is 2.84 bits per heavy atom. The molecule has 2 atom stereocenters. The molecule has 2 aromatic rings. The molecule has 162 valence electrons. The van der Waals surface area contributed by atoms with Gasteiger partial charge >= 0.3 is 0 Å². The Morgan fingerprint density at radius 2 is 2.00 bits per heavy atom. The van der Waals surface area contributed by atoms with E-state index in [0.717, 1.165) is 35.2 Å². The van der Waals surface area contributed by atoms with Gasteiger partial charge in [0.05, 0.1) is 11.6 Å². The molecule has 2 aliphatic heterocycles. The van der Waals surface area contributed by atoms with Crippen LogP contribution in [-0.4, -0.2) is 40.5 Å². The molecule has 0 spiro atoms. The van der Waals surface area contributed by atoms with E-state index in [0.29, 0.717) is 17.8 Å². The molecule has 31 heavy (non-hydrogen) atoms. The Balaban J connectivity index is 1.26. The van der Waals surface area contributed by atoms with E-state index in [1.807, 2.05) is 18.3 Å². The lowest BCUT2D eigenvalue weighted by Gasteiger charge is -2.44. The largest absolute Gasteiger partial charge is 0.369 e. The average Bonchev–Trinajstić information content (AvgIpc) is 3.64. The maximum absolute atomic E-state index is 9.52. The number of aryl methyl sites for hydroxylation is 1.